The lowest BCUT2D eigenvalue weighted by molar-refractivity contribution is -0.117. The van der Waals surface area contributed by atoms with Gasteiger partial charge in [-0.15, -0.1) is 0 Å². The van der Waals surface area contributed by atoms with Crippen LogP contribution < -0.4 is 5.32 Å². The number of anilines is 1. The number of aryl methyl sites for hydroxylation is 1. The number of phenols is 1. The Kier molecular flexibility index (Phi) is 2.77. The van der Waals surface area contributed by atoms with E-state index in [1.165, 1.54) is 25.7 Å². The average Bonchev–Trinajstić information content (AvgIpc) is 3.07. The summed E-state index contributed by atoms with van der Waals surface area (Å²) in [5.41, 5.74) is 1.53. The number of rotatable bonds is 2. The standard InChI is InChI=1S/C15H19NO2/c1-9-6-7-12(13(17)8-9)16-15(18)14-10-4-2-3-5-11(10)14/h6-8,10-11,14,17H,2-5H2,1H3,(H,16,18). The maximum atomic E-state index is 12.2. The molecule has 0 saturated heterocycles. The summed E-state index contributed by atoms with van der Waals surface area (Å²) in [6.45, 7) is 1.92. The van der Waals surface area contributed by atoms with Crippen molar-refractivity contribution in [1.82, 2.24) is 0 Å². The van der Waals surface area contributed by atoms with Gasteiger partial charge < -0.3 is 10.4 Å². The lowest BCUT2D eigenvalue weighted by Crippen LogP contribution is -2.15. The highest BCUT2D eigenvalue weighted by Crippen LogP contribution is 2.55. The lowest BCUT2D eigenvalue weighted by atomic mass is 10.0. The summed E-state index contributed by atoms with van der Waals surface area (Å²) in [5, 5.41) is 12.7. The lowest BCUT2D eigenvalue weighted by Gasteiger charge is -2.07. The van der Waals surface area contributed by atoms with E-state index in [0.717, 1.165) is 5.56 Å². The van der Waals surface area contributed by atoms with Crippen molar-refractivity contribution in [3.05, 3.63) is 23.8 Å². The molecule has 3 nitrogen and oxygen atoms in total. The van der Waals surface area contributed by atoms with Crippen molar-refractivity contribution in [2.45, 2.75) is 32.6 Å². The van der Waals surface area contributed by atoms with E-state index in [0.29, 0.717) is 17.5 Å². The molecule has 1 aromatic carbocycles. The van der Waals surface area contributed by atoms with Gasteiger partial charge in [-0.25, -0.2) is 0 Å². The maximum absolute atomic E-state index is 12.2. The monoisotopic (exact) mass is 245 g/mol. The molecule has 2 N–H and O–H groups in total. The molecule has 0 radical (unpaired) electrons. The number of amides is 1. The van der Waals surface area contributed by atoms with Gasteiger partial charge in [-0.2, -0.15) is 0 Å². The zero-order valence-corrected chi connectivity index (χ0v) is 10.6. The summed E-state index contributed by atoms with van der Waals surface area (Å²) in [6, 6.07) is 5.35. The van der Waals surface area contributed by atoms with Crippen LogP contribution in [0.15, 0.2) is 18.2 Å². The molecule has 2 unspecified atom stereocenters. The van der Waals surface area contributed by atoms with Crippen LogP contribution in [0.4, 0.5) is 5.69 Å². The van der Waals surface area contributed by atoms with Crippen molar-refractivity contribution in [3.8, 4) is 5.75 Å². The van der Waals surface area contributed by atoms with E-state index in [1.807, 2.05) is 13.0 Å². The number of phenolic OH excluding ortho intramolecular Hbond substituents is 1. The zero-order valence-electron chi connectivity index (χ0n) is 10.6. The number of benzene rings is 1. The van der Waals surface area contributed by atoms with E-state index in [-0.39, 0.29) is 17.6 Å². The quantitative estimate of drug-likeness (QED) is 0.787. The molecule has 3 heteroatoms. The number of aromatic hydroxyl groups is 1. The van der Waals surface area contributed by atoms with Crippen molar-refractivity contribution in [3.63, 3.8) is 0 Å². The first kappa shape index (κ1) is 11.6. The van der Waals surface area contributed by atoms with Crippen molar-refractivity contribution in [1.29, 1.82) is 0 Å². The van der Waals surface area contributed by atoms with Crippen LogP contribution in [-0.4, -0.2) is 11.0 Å². The Labute approximate surface area is 107 Å². The van der Waals surface area contributed by atoms with Gasteiger partial charge in [0.15, 0.2) is 0 Å². The van der Waals surface area contributed by atoms with E-state index >= 15 is 0 Å². The second-order valence-electron chi connectivity index (χ2n) is 5.65. The third kappa shape index (κ3) is 1.98. The van der Waals surface area contributed by atoms with Gasteiger partial charge in [0.05, 0.1) is 5.69 Å². The van der Waals surface area contributed by atoms with Crippen molar-refractivity contribution >= 4 is 11.6 Å². The predicted octanol–water partition coefficient (Wildman–Crippen LogP) is 3.08. The molecule has 96 valence electrons. The van der Waals surface area contributed by atoms with Crippen LogP contribution in [0.3, 0.4) is 0 Å². The van der Waals surface area contributed by atoms with Gasteiger partial charge in [-0.1, -0.05) is 18.9 Å². The molecule has 2 atom stereocenters. The molecule has 2 aliphatic rings. The fourth-order valence-electron chi connectivity index (χ4n) is 3.34. The highest BCUT2D eigenvalue weighted by Gasteiger charge is 2.54. The average molecular weight is 245 g/mol. The van der Waals surface area contributed by atoms with Gasteiger partial charge in [0.2, 0.25) is 5.91 Å². The molecule has 2 aliphatic carbocycles. The van der Waals surface area contributed by atoms with Crippen LogP contribution in [0.2, 0.25) is 0 Å². The molecular formula is C15H19NO2. The van der Waals surface area contributed by atoms with Crippen LogP contribution in [0, 0.1) is 24.7 Å². The van der Waals surface area contributed by atoms with Crippen LogP contribution >= 0.6 is 0 Å². The van der Waals surface area contributed by atoms with E-state index in [2.05, 4.69) is 5.32 Å². The topological polar surface area (TPSA) is 49.3 Å². The summed E-state index contributed by atoms with van der Waals surface area (Å²) >= 11 is 0. The maximum Gasteiger partial charge on any atom is 0.228 e. The normalized spacial score (nSPS) is 29.5. The highest BCUT2D eigenvalue weighted by molar-refractivity contribution is 5.96. The van der Waals surface area contributed by atoms with E-state index < -0.39 is 0 Å². The van der Waals surface area contributed by atoms with E-state index in [9.17, 15) is 9.90 Å². The second kappa shape index (κ2) is 4.30. The van der Waals surface area contributed by atoms with Crippen molar-refractivity contribution in [2.75, 3.05) is 5.32 Å². The Morgan fingerprint density at radius 3 is 2.56 bits per heavy atom. The molecule has 0 spiro atoms. The first-order chi connectivity index (χ1) is 8.66. The Morgan fingerprint density at radius 1 is 1.28 bits per heavy atom. The second-order valence-corrected chi connectivity index (χ2v) is 5.65. The fraction of sp³-hybridized carbons (Fsp3) is 0.533. The molecule has 1 amide bonds. The first-order valence-electron chi connectivity index (χ1n) is 6.77. The molecule has 0 aliphatic heterocycles. The fourth-order valence-corrected chi connectivity index (χ4v) is 3.34. The van der Waals surface area contributed by atoms with Crippen LogP contribution in [0.25, 0.3) is 0 Å². The Balaban J connectivity index is 1.68. The molecular weight excluding hydrogens is 226 g/mol. The predicted molar refractivity (Wildman–Crippen MR) is 70.4 cm³/mol. The highest BCUT2D eigenvalue weighted by atomic mass is 16.3. The third-order valence-electron chi connectivity index (χ3n) is 4.37. The Bertz CT molecular complexity index is 471. The third-order valence-corrected chi connectivity index (χ3v) is 4.37. The number of carbonyl (C=O) groups excluding carboxylic acids is 1. The number of carbonyl (C=O) groups is 1. The van der Waals surface area contributed by atoms with E-state index in [4.69, 9.17) is 0 Å². The molecule has 1 aromatic rings. The number of hydrogen-bond acceptors (Lipinski definition) is 2. The van der Waals surface area contributed by atoms with Gasteiger partial charge in [0.1, 0.15) is 5.75 Å². The Hall–Kier alpha value is -1.51. The minimum atomic E-state index is 0.0889. The van der Waals surface area contributed by atoms with Crippen molar-refractivity contribution < 1.29 is 9.90 Å². The zero-order chi connectivity index (χ0) is 12.7. The van der Waals surface area contributed by atoms with Gasteiger partial charge in [-0.05, 0) is 49.3 Å². The van der Waals surface area contributed by atoms with Gasteiger partial charge in [0, 0.05) is 5.92 Å². The molecule has 3 rings (SSSR count). The molecule has 18 heavy (non-hydrogen) atoms. The first-order valence-corrected chi connectivity index (χ1v) is 6.77. The van der Waals surface area contributed by atoms with Gasteiger partial charge >= 0.3 is 0 Å². The van der Waals surface area contributed by atoms with Crippen LogP contribution in [0.5, 0.6) is 5.75 Å². The van der Waals surface area contributed by atoms with Crippen LogP contribution in [-0.2, 0) is 4.79 Å². The van der Waals surface area contributed by atoms with E-state index in [1.54, 1.807) is 12.1 Å². The molecule has 0 aromatic heterocycles. The Morgan fingerprint density at radius 2 is 1.94 bits per heavy atom. The summed E-state index contributed by atoms with van der Waals surface area (Å²) in [6.07, 6.45) is 4.92. The molecule has 2 saturated carbocycles. The smallest absolute Gasteiger partial charge is 0.228 e. The number of hydrogen-bond donors (Lipinski definition) is 2. The summed E-state index contributed by atoms with van der Waals surface area (Å²) in [5.74, 6) is 1.64. The number of fused-ring (bicyclic) bond motifs is 1. The minimum Gasteiger partial charge on any atom is -0.506 e. The largest absolute Gasteiger partial charge is 0.506 e. The molecule has 2 fully saturated rings. The summed E-state index contributed by atoms with van der Waals surface area (Å²) in [4.78, 5) is 12.2. The molecule has 0 bridgehead atoms. The van der Waals surface area contributed by atoms with Crippen LogP contribution in [0.1, 0.15) is 31.2 Å². The number of nitrogens with one attached hydrogen (secondary N) is 1. The van der Waals surface area contributed by atoms with Gasteiger partial charge in [-0.3, -0.25) is 4.79 Å². The molecule has 0 heterocycles. The minimum absolute atomic E-state index is 0.0889. The summed E-state index contributed by atoms with van der Waals surface area (Å²) in [7, 11) is 0. The summed E-state index contributed by atoms with van der Waals surface area (Å²) < 4.78 is 0. The van der Waals surface area contributed by atoms with Crippen molar-refractivity contribution in [2.24, 2.45) is 17.8 Å². The SMILES string of the molecule is Cc1ccc(NC(=O)C2C3CCCCC32)c(O)c1. The van der Waals surface area contributed by atoms with Gasteiger partial charge in [0.25, 0.3) is 0 Å².